The Morgan fingerprint density at radius 1 is 1.22 bits per heavy atom. The monoisotopic (exact) mass is 269 g/mol. The lowest BCUT2D eigenvalue weighted by atomic mass is 10.2. The van der Waals surface area contributed by atoms with E-state index in [1.807, 2.05) is 0 Å². The van der Waals surface area contributed by atoms with Crippen LogP contribution in [-0.4, -0.2) is 31.5 Å². The van der Waals surface area contributed by atoms with Gasteiger partial charge in [0.25, 0.3) is 0 Å². The van der Waals surface area contributed by atoms with Crippen molar-refractivity contribution in [1.82, 2.24) is 9.97 Å². The minimum absolute atomic E-state index is 0.215. The van der Waals surface area contributed by atoms with Crippen LogP contribution >= 0.6 is 0 Å². The molecule has 0 saturated heterocycles. The van der Waals surface area contributed by atoms with Crippen molar-refractivity contribution in [2.75, 3.05) is 18.9 Å². The van der Waals surface area contributed by atoms with Crippen molar-refractivity contribution in [3.8, 4) is 5.88 Å². The van der Waals surface area contributed by atoms with Crippen LogP contribution in [0, 0.1) is 0 Å². The van der Waals surface area contributed by atoms with Gasteiger partial charge in [0.2, 0.25) is 5.88 Å². The van der Waals surface area contributed by atoms with E-state index in [0.717, 1.165) is 0 Å². The molecule has 0 aliphatic carbocycles. The van der Waals surface area contributed by atoms with Crippen molar-refractivity contribution in [1.29, 1.82) is 0 Å². The number of hydrogen-bond donors (Lipinski definition) is 1. The number of rotatable bonds is 5. The third-order valence-electron chi connectivity index (χ3n) is 3.27. The summed E-state index contributed by atoms with van der Waals surface area (Å²) in [5, 5.41) is 0.215. The molecule has 0 fully saturated rings. The summed E-state index contributed by atoms with van der Waals surface area (Å²) >= 11 is 0. The van der Waals surface area contributed by atoms with Gasteiger partial charge in [-0.1, -0.05) is 20.8 Å². The molecule has 0 unspecified atom stereocenters. The van der Waals surface area contributed by atoms with Crippen LogP contribution in [-0.2, 0) is 4.43 Å². The standard InChI is InChI=1S/C12H23N3O2Si/c1-12(2,3)18(4,5)17-7-6-16-11-8-10(13)14-9-15-11/h8-9H,6-7H2,1-5H3,(H2,13,14,15). The van der Waals surface area contributed by atoms with E-state index >= 15 is 0 Å². The minimum atomic E-state index is -1.69. The molecular weight excluding hydrogens is 246 g/mol. The van der Waals surface area contributed by atoms with Gasteiger partial charge in [0.15, 0.2) is 8.32 Å². The summed E-state index contributed by atoms with van der Waals surface area (Å²) in [5.74, 6) is 0.895. The molecule has 0 radical (unpaired) electrons. The maximum Gasteiger partial charge on any atom is 0.218 e. The van der Waals surface area contributed by atoms with E-state index in [0.29, 0.717) is 24.9 Å². The number of aromatic nitrogens is 2. The van der Waals surface area contributed by atoms with E-state index < -0.39 is 8.32 Å². The fourth-order valence-electron chi connectivity index (χ4n) is 1.09. The van der Waals surface area contributed by atoms with E-state index in [1.54, 1.807) is 6.07 Å². The molecule has 0 aliphatic heterocycles. The van der Waals surface area contributed by atoms with Gasteiger partial charge < -0.3 is 14.9 Å². The quantitative estimate of drug-likeness (QED) is 0.657. The highest BCUT2D eigenvalue weighted by Crippen LogP contribution is 2.36. The molecule has 0 saturated carbocycles. The molecule has 1 aromatic rings. The Morgan fingerprint density at radius 3 is 2.44 bits per heavy atom. The Bertz CT molecular complexity index is 391. The largest absolute Gasteiger partial charge is 0.475 e. The maximum absolute atomic E-state index is 5.99. The van der Waals surface area contributed by atoms with Crippen LogP contribution in [0.15, 0.2) is 12.4 Å². The van der Waals surface area contributed by atoms with Gasteiger partial charge in [-0.2, -0.15) is 0 Å². The first-order valence-electron chi connectivity index (χ1n) is 6.07. The van der Waals surface area contributed by atoms with Gasteiger partial charge in [-0.15, -0.1) is 0 Å². The summed E-state index contributed by atoms with van der Waals surface area (Å²) in [7, 11) is -1.69. The minimum Gasteiger partial charge on any atom is -0.475 e. The van der Waals surface area contributed by atoms with Crippen LogP contribution in [0.5, 0.6) is 5.88 Å². The van der Waals surface area contributed by atoms with Crippen LogP contribution < -0.4 is 10.5 Å². The van der Waals surface area contributed by atoms with Crippen molar-refractivity contribution in [3.05, 3.63) is 12.4 Å². The summed E-state index contributed by atoms with van der Waals surface area (Å²) in [6.45, 7) is 12.1. The van der Waals surface area contributed by atoms with E-state index in [2.05, 4.69) is 43.8 Å². The normalized spacial score (nSPS) is 12.5. The van der Waals surface area contributed by atoms with E-state index in [1.165, 1.54) is 6.33 Å². The average Bonchev–Trinajstić information content (AvgIpc) is 2.23. The molecule has 0 amide bonds. The number of ether oxygens (including phenoxy) is 1. The van der Waals surface area contributed by atoms with Gasteiger partial charge in [0.05, 0.1) is 6.61 Å². The molecule has 102 valence electrons. The zero-order valence-corrected chi connectivity index (χ0v) is 12.9. The van der Waals surface area contributed by atoms with E-state index in [4.69, 9.17) is 14.9 Å². The Kier molecular flexibility index (Phi) is 4.69. The Morgan fingerprint density at radius 2 is 1.89 bits per heavy atom. The second-order valence-corrected chi connectivity index (χ2v) is 10.5. The summed E-state index contributed by atoms with van der Waals surface area (Å²) in [4.78, 5) is 7.77. The highest BCUT2D eigenvalue weighted by molar-refractivity contribution is 6.74. The Hall–Kier alpha value is -1.14. The lowest BCUT2D eigenvalue weighted by Gasteiger charge is -2.36. The Labute approximate surface area is 110 Å². The fourth-order valence-corrected chi connectivity index (χ4v) is 2.12. The second kappa shape index (κ2) is 5.66. The van der Waals surface area contributed by atoms with Gasteiger partial charge in [0.1, 0.15) is 18.8 Å². The van der Waals surface area contributed by atoms with Crippen molar-refractivity contribution < 1.29 is 9.16 Å². The molecule has 0 aliphatic rings. The van der Waals surface area contributed by atoms with Crippen LogP contribution in [0.3, 0.4) is 0 Å². The summed E-state index contributed by atoms with van der Waals surface area (Å²) in [5.41, 5.74) is 5.53. The molecule has 6 heteroatoms. The molecule has 0 atom stereocenters. The van der Waals surface area contributed by atoms with Gasteiger partial charge in [-0.3, -0.25) is 0 Å². The zero-order valence-electron chi connectivity index (χ0n) is 11.9. The van der Waals surface area contributed by atoms with Crippen molar-refractivity contribution >= 4 is 14.1 Å². The van der Waals surface area contributed by atoms with Crippen molar-refractivity contribution in [2.24, 2.45) is 0 Å². The van der Waals surface area contributed by atoms with Crippen LogP contribution in [0.4, 0.5) is 5.82 Å². The third-order valence-corrected chi connectivity index (χ3v) is 7.80. The van der Waals surface area contributed by atoms with Crippen LogP contribution in [0.25, 0.3) is 0 Å². The van der Waals surface area contributed by atoms with Crippen LogP contribution in [0.1, 0.15) is 20.8 Å². The first-order chi connectivity index (χ1) is 8.22. The number of nitrogens with two attached hydrogens (primary N) is 1. The van der Waals surface area contributed by atoms with Crippen molar-refractivity contribution in [3.63, 3.8) is 0 Å². The highest BCUT2D eigenvalue weighted by Gasteiger charge is 2.36. The first-order valence-corrected chi connectivity index (χ1v) is 8.97. The molecule has 0 bridgehead atoms. The predicted octanol–water partition coefficient (Wildman–Crippen LogP) is 2.46. The molecular formula is C12H23N3O2Si. The summed E-state index contributed by atoms with van der Waals surface area (Å²) in [6, 6.07) is 1.60. The maximum atomic E-state index is 5.99. The summed E-state index contributed by atoms with van der Waals surface area (Å²) in [6.07, 6.45) is 1.39. The molecule has 1 heterocycles. The van der Waals surface area contributed by atoms with Crippen molar-refractivity contribution in [2.45, 2.75) is 38.9 Å². The third kappa shape index (κ3) is 4.27. The highest BCUT2D eigenvalue weighted by atomic mass is 28.4. The summed E-state index contributed by atoms with van der Waals surface area (Å²) < 4.78 is 11.4. The molecule has 0 aromatic carbocycles. The topological polar surface area (TPSA) is 70.3 Å². The lowest BCUT2D eigenvalue weighted by molar-refractivity contribution is 0.199. The molecule has 1 rings (SSSR count). The van der Waals surface area contributed by atoms with E-state index in [9.17, 15) is 0 Å². The molecule has 0 spiro atoms. The molecule has 2 N–H and O–H groups in total. The number of nitrogen functional groups attached to an aromatic ring is 1. The SMILES string of the molecule is CC(C)(C)[Si](C)(C)OCCOc1cc(N)ncn1. The Balaban J connectivity index is 2.35. The second-order valence-electron chi connectivity index (χ2n) is 5.74. The zero-order chi connectivity index (χ0) is 13.8. The van der Waals surface area contributed by atoms with Crippen LogP contribution in [0.2, 0.25) is 18.1 Å². The lowest BCUT2D eigenvalue weighted by Crippen LogP contribution is -2.41. The van der Waals surface area contributed by atoms with Gasteiger partial charge in [-0.25, -0.2) is 9.97 Å². The fraction of sp³-hybridized carbons (Fsp3) is 0.667. The van der Waals surface area contributed by atoms with E-state index in [-0.39, 0.29) is 5.04 Å². The number of hydrogen-bond acceptors (Lipinski definition) is 5. The number of anilines is 1. The smallest absolute Gasteiger partial charge is 0.218 e. The number of nitrogens with zero attached hydrogens (tertiary/aromatic N) is 2. The molecule has 1 aromatic heterocycles. The predicted molar refractivity (Wildman–Crippen MR) is 75.1 cm³/mol. The van der Waals surface area contributed by atoms with Gasteiger partial charge in [0, 0.05) is 6.07 Å². The van der Waals surface area contributed by atoms with Gasteiger partial charge >= 0.3 is 0 Å². The molecule has 18 heavy (non-hydrogen) atoms. The average molecular weight is 269 g/mol. The first kappa shape index (κ1) is 14.9. The molecule has 5 nitrogen and oxygen atoms in total. The van der Waals surface area contributed by atoms with Gasteiger partial charge in [-0.05, 0) is 18.1 Å².